The predicted octanol–water partition coefficient (Wildman–Crippen LogP) is 3.43. The van der Waals surface area contributed by atoms with Crippen LogP contribution >= 0.6 is 0 Å². The van der Waals surface area contributed by atoms with Gasteiger partial charge >= 0.3 is 5.69 Å². The normalized spacial score (nSPS) is 20.9. The molecule has 3 rings (SSSR count). The number of nitrogens with one attached hydrogen (secondary N) is 1. The molecule has 2 aliphatic rings. The molecule has 0 radical (unpaired) electrons. The zero-order valence-corrected chi connectivity index (χ0v) is 14.3. The molecular weight excluding hydrogens is 308 g/mol. The summed E-state index contributed by atoms with van der Waals surface area (Å²) >= 11 is 0. The predicted molar refractivity (Wildman–Crippen MR) is 89.8 cm³/mol. The lowest BCUT2D eigenvalue weighted by Crippen LogP contribution is -2.41. The second-order valence-electron chi connectivity index (χ2n) is 7.28. The number of aryl methyl sites for hydroxylation is 1. The fourth-order valence-electron chi connectivity index (χ4n) is 4.30. The van der Waals surface area contributed by atoms with E-state index in [-0.39, 0.29) is 17.4 Å². The Kier molecular flexibility index (Phi) is 4.87. The lowest BCUT2D eigenvalue weighted by molar-refractivity contribution is -0.385. The Labute approximate surface area is 142 Å². The second-order valence-corrected chi connectivity index (χ2v) is 7.28. The largest absolute Gasteiger partial charge is 0.348 e. The Bertz CT molecular complexity index is 609. The van der Waals surface area contributed by atoms with Crippen molar-refractivity contribution in [1.82, 2.24) is 15.1 Å². The van der Waals surface area contributed by atoms with Gasteiger partial charge in [-0.3, -0.25) is 19.6 Å². The molecule has 0 aliphatic heterocycles. The molecule has 0 saturated heterocycles. The van der Waals surface area contributed by atoms with Crippen molar-refractivity contribution >= 4 is 11.6 Å². The van der Waals surface area contributed by atoms with E-state index in [2.05, 4.69) is 10.4 Å². The highest BCUT2D eigenvalue weighted by molar-refractivity contribution is 5.96. The maximum atomic E-state index is 12.4. The zero-order chi connectivity index (χ0) is 17.2. The van der Waals surface area contributed by atoms with E-state index < -0.39 is 10.8 Å². The third-order valence-electron chi connectivity index (χ3n) is 5.77. The van der Waals surface area contributed by atoms with Crippen LogP contribution in [-0.2, 0) is 6.54 Å². The van der Waals surface area contributed by atoms with Gasteiger partial charge in [0.05, 0.1) is 4.92 Å². The van der Waals surface area contributed by atoms with Gasteiger partial charge in [-0.25, -0.2) is 0 Å². The fraction of sp³-hybridized carbons (Fsp3) is 0.765. The summed E-state index contributed by atoms with van der Waals surface area (Å²) in [6, 6.07) is 0.108. The first-order valence-electron chi connectivity index (χ1n) is 9.06. The summed E-state index contributed by atoms with van der Waals surface area (Å²) in [4.78, 5) is 23.0. The van der Waals surface area contributed by atoms with Crippen LogP contribution in [0.5, 0.6) is 0 Å². The molecule has 1 amide bonds. The van der Waals surface area contributed by atoms with Gasteiger partial charge in [-0.1, -0.05) is 19.3 Å². The van der Waals surface area contributed by atoms with Gasteiger partial charge in [0.2, 0.25) is 5.69 Å². The van der Waals surface area contributed by atoms with Gasteiger partial charge in [0, 0.05) is 12.6 Å². The van der Waals surface area contributed by atoms with Crippen molar-refractivity contribution < 1.29 is 9.72 Å². The summed E-state index contributed by atoms with van der Waals surface area (Å²) in [5.41, 5.74) is 0.212. The van der Waals surface area contributed by atoms with Gasteiger partial charge in [0.25, 0.3) is 5.91 Å². The fourth-order valence-corrected chi connectivity index (χ4v) is 4.30. The molecule has 0 unspecified atom stereocenters. The highest BCUT2D eigenvalue weighted by Crippen LogP contribution is 2.47. The van der Waals surface area contributed by atoms with Crippen molar-refractivity contribution in [3.8, 4) is 0 Å². The Morgan fingerprint density at radius 1 is 1.33 bits per heavy atom. The van der Waals surface area contributed by atoms with Crippen LogP contribution in [-0.4, -0.2) is 26.7 Å². The van der Waals surface area contributed by atoms with Crippen LogP contribution in [0, 0.1) is 15.5 Å². The maximum absolute atomic E-state index is 12.4. The van der Waals surface area contributed by atoms with E-state index in [1.807, 2.05) is 6.92 Å². The second kappa shape index (κ2) is 6.91. The van der Waals surface area contributed by atoms with Crippen molar-refractivity contribution in [1.29, 1.82) is 0 Å². The molecule has 132 valence electrons. The smallest absolute Gasteiger partial charge is 0.320 e. The molecule has 1 aromatic heterocycles. The number of nitrogens with zero attached hydrogens (tertiary/aromatic N) is 3. The van der Waals surface area contributed by atoms with Crippen molar-refractivity contribution in [3.05, 3.63) is 22.0 Å². The van der Waals surface area contributed by atoms with E-state index in [9.17, 15) is 14.9 Å². The summed E-state index contributed by atoms with van der Waals surface area (Å²) in [6.45, 7) is 2.34. The van der Waals surface area contributed by atoms with E-state index in [4.69, 9.17) is 0 Å². The molecule has 0 bridgehead atoms. The van der Waals surface area contributed by atoms with Gasteiger partial charge in [0.1, 0.15) is 6.20 Å². The average molecular weight is 334 g/mol. The van der Waals surface area contributed by atoms with Gasteiger partial charge in [0.15, 0.2) is 0 Å². The summed E-state index contributed by atoms with van der Waals surface area (Å²) in [7, 11) is 0. The number of rotatable bonds is 4. The molecule has 1 heterocycles. The highest BCUT2D eigenvalue weighted by Gasteiger charge is 2.37. The van der Waals surface area contributed by atoms with E-state index in [0.29, 0.717) is 12.0 Å². The van der Waals surface area contributed by atoms with Crippen LogP contribution in [0.1, 0.15) is 75.2 Å². The standard InChI is InChI=1S/C17H26N4O3/c1-2-20-12-14(21(23)24)15(19-20)16(22)18-13-6-10-17(11-7-13)8-4-3-5-9-17/h12-13H,2-11H2,1H3,(H,18,22). The molecular formula is C17H26N4O3. The number of hydrogen-bond donors (Lipinski definition) is 1. The third kappa shape index (κ3) is 3.44. The highest BCUT2D eigenvalue weighted by atomic mass is 16.6. The third-order valence-corrected chi connectivity index (χ3v) is 5.77. The van der Waals surface area contributed by atoms with Gasteiger partial charge < -0.3 is 5.32 Å². The number of carbonyl (C=O) groups is 1. The first kappa shape index (κ1) is 16.9. The van der Waals surface area contributed by atoms with E-state index in [1.54, 1.807) is 0 Å². The van der Waals surface area contributed by atoms with Crippen molar-refractivity contribution in [2.75, 3.05) is 0 Å². The monoisotopic (exact) mass is 334 g/mol. The summed E-state index contributed by atoms with van der Waals surface area (Å²) in [5, 5.41) is 18.2. The molecule has 7 nitrogen and oxygen atoms in total. The topological polar surface area (TPSA) is 90.1 Å². The zero-order valence-electron chi connectivity index (χ0n) is 14.3. The minimum Gasteiger partial charge on any atom is -0.348 e. The van der Waals surface area contributed by atoms with Crippen LogP contribution in [0.25, 0.3) is 0 Å². The first-order valence-corrected chi connectivity index (χ1v) is 9.06. The van der Waals surface area contributed by atoms with Crippen LogP contribution in [0.4, 0.5) is 5.69 Å². The molecule has 1 aromatic rings. The van der Waals surface area contributed by atoms with Crippen molar-refractivity contribution in [3.63, 3.8) is 0 Å². The minimum absolute atomic E-state index is 0.0696. The van der Waals surface area contributed by atoms with Crippen molar-refractivity contribution in [2.24, 2.45) is 5.41 Å². The van der Waals surface area contributed by atoms with Gasteiger partial charge in [-0.2, -0.15) is 5.10 Å². The summed E-state index contributed by atoms with van der Waals surface area (Å²) < 4.78 is 1.44. The SMILES string of the molecule is CCn1cc([N+](=O)[O-])c(C(=O)NC2CCC3(CCCCC3)CC2)n1. The molecule has 2 saturated carbocycles. The van der Waals surface area contributed by atoms with Crippen LogP contribution in [0.15, 0.2) is 6.20 Å². The van der Waals surface area contributed by atoms with E-state index in [0.717, 1.165) is 25.7 Å². The molecule has 0 aromatic carbocycles. The molecule has 0 atom stereocenters. The quantitative estimate of drug-likeness (QED) is 0.674. The van der Waals surface area contributed by atoms with Crippen LogP contribution in [0.2, 0.25) is 0 Å². The molecule has 1 spiro atoms. The van der Waals surface area contributed by atoms with Crippen LogP contribution < -0.4 is 5.32 Å². The number of carbonyl (C=O) groups excluding carboxylic acids is 1. The number of hydrogen-bond acceptors (Lipinski definition) is 4. The Balaban J connectivity index is 1.62. The lowest BCUT2D eigenvalue weighted by Gasteiger charge is -2.43. The van der Waals surface area contributed by atoms with Crippen LogP contribution in [0.3, 0.4) is 0 Å². The first-order chi connectivity index (χ1) is 11.5. The number of aromatic nitrogens is 2. The Morgan fingerprint density at radius 2 is 2.00 bits per heavy atom. The average Bonchev–Trinajstić information content (AvgIpc) is 3.03. The van der Waals surface area contributed by atoms with Crippen molar-refractivity contribution in [2.45, 2.75) is 77.3 Å². The van der Waals surface area contributed by atoms with Gasteiger partial charge in [-0.15, -0.1) is 0 Å². The molecule has 24 heavy (non-hydrogen) atoms. The maximum Gasteiger partial charge on any atom is 0.320 e. The Morgan fingerprint density at radius 3 is 2.58 bits per heavy atom. The minimum atomic E-state index is -0.536. The molecule has 1 N–H and O–H groups in total. The number of nitro groups is 1. The van der Waals surface area contributed by atoms with Gasteiger partial charge in [-0.05, 0) is 50.9 Å². The number of amides is 1. The summed E-state index contributed by atoms with van der Waals surface area (Å²) in [5.74, 6) is -0.418. The summed E-state index contributed by atoms with van der Waals surface area (Å²) in [6.07, 6.45) is 12.2. The molecule has 7 heteroatoms. The van der Waals surface area contributed by atoms with E-state index >= 15 is 0 Å². The Hall–Kier alpha value is -1.92. The molecule has 2 fully saturated rings. The lowest BCUT2D eigenvalue weighted by atomic mass is 9.64. The van der Waals surface area contributed by atoms with E-state index in [1.165, 1.54) is 43.0 Å². The molecule has 2 aliphatic carbocycles.